The van der Waals surface area contributed by atoms with Crippen molar-refractivity contribution in [1.29, 1.82) is 0 Å². The molecule has 1 heteroatoms. The zero-order chi connectivity index (χ0) is 18.5. The zero-order valence-corrected chi connectivity index (χ0v) is 16.5. The van der Waals surface area contributed by atoms with Gasteiger partial charge < -0.3 is 5.32 Å². The summed E-state index contributed by atoms with van der Waals surface area (Å²) in [6, 6.07) is 0. The first-order valence-electron chi connectivity index (χ1n) is 9.11. The molecule has 0 aromatic heterocycles. The van der Waals surface area contributed by atoms with E-state index in [0.717, 1.165) is 23.3 Å². The summed E-state index contributed by atoms with van der Waals surface area (Å²) >= 11 is 0. The Labute approximate surface area is 150 Å². The van der Waals surface area contributed by atoms with Crippen LogP contribution in [-0.4, -0.2) is 6.54 Å². The molecular weight excluding hydrogens is 290 g/mol. The van der Waals surface area contributed by atoms with Crippen molar-refractivity contribution in [3.8, 4) is 0 Å². The maximum absolute atomic E-state index is 4.30. The van der Waals surface area contributed by atoms with E-state index >= 15 is 0 Å². The Bertz CT molecular complexity index is 514. The predicted octanol–water partition coefficient (Wildman–Crippen LogP) is 6.89. The molecule has 0 bridgehead atoms. The Balaban J connectivity index is 4.90. The number of unbranched alkanes of at least 4 members (excludes halogenated alkanes) is 3. The predicted molar refractivity (Wildman–Crippen MR) is 111 cm³/mol. The molecule has 0 aromatic rings. The lowest BCUT2D eigenvalue weighted by Crippen LogP contribution is -2.13. The SMILES string of the molecule is C=C/C=C(\C=C(/C)NCCCCCC)C(=C)C(C)/C=C(\C)C(=C)C. The van der Waals surface area contributed by atoms with E-state index in [2.05, 4.69) is 64.9 Å². The normalized spacial score (nSPS) is 14.3. The first kappa shape index (κ1) is 22.2. The second-order valence-electron chi connectivity index (χ2n) is 6.62. The highest BCUT2D eigenvalue weighted by molar-refractivity contribution is 5.44. The molecule has 1 atom stereocenters. The van der Waals surface area contributed by atoms with Gasteiger partial charge in [-0.05, 0) is 50.3 Å². The maximum atomic E-state index is 4.30. The van der Waals surface area contributed by atoms with Crippen LogP contribution in [0.3, 0.4) is 0 Å². The first-order valence-corrected chi connectivity index (χ1v) is 9.11. The minimum absolute atomic E-state index is 0.265. The minimum Gasteiger partial charge on any atom is -0.389 e. The molecular formula is C23H37N. The maximum Gasteiger partial charge on any atom is 0.0143 e. The number of allylic oxidation sites excluding steroid dienone is 9. The smallest absolute Gasteiger partial charge is 0.0143 e. The van der Waals surface area contributed by atoms with Crippen LogP contribution in [0.2, 0.25) is 0 Å². The van der Waals surface area contributed by atoms with E-state index in [4.69, 9.17) is 0 Å². The topological polar surface area (TPSA) is 12.0 Å². The Morgan fingerprint density at radius 1 is 1.08 bits per heavy atom. The molecule has 0 aliphatic carbocycles. The standard InChI is InChI=1S/C23H37N/c1-9-11-12-13-15-24-21(7)17-23(14-10-2)22(8)20(6)16-19(5)18(3)4/h10,14,16-17,20,24H,2-3,8-9,11-13,15H2,1,4-7H3/b19-16+,21-17+,23-14+. The van der Waals surface area contributed by atoms with Gasteiger partial charge >= 0.3 is 0 Å². The third-order valence-corrected chi connectivity index (χ3v) is 4.20. The van der Waals surface area contributed by atoms with Crippen LogP contribution in [0.1, 0.15) is 60.3 Å². The highest BCUT2D eigenvalue weighted by atomic mass is 14.9. The number of nitrogens with one attached hydrogen (secondary N) is 1. The molecule has 0 aliphatic heterocycles. The van der Waals surface area contributed by atoms with Crippen molar-refractivity contribution in [2.75, 3.05) is 6.54 Å². The molecule has 1 nitrogen and oxygen atoms in total. The molecule has 0 aliphatic rings. The fraction of sp³-hybridized carbons (Fsp3) is 0.478. The summed E-state index contributed by atoms with van der Waals surface area (Å²) in [5, 5.41) is 3.50. The Hall–Kier alpha value is -1.76. The van der Waals surface area contributed by atoms with Crippen LogP contribution in [0, 0.1) is 5.92 Å². The van der Waals surface area contributed by atoms with Crippen molar-refractivity contribution in [2.45, 2.75) is 60.3 Å². The van der Waals surface area contributed by atoms with E-state index in [-0.39, 0.29) is 5.92 Å². The van der Waals surface area contributed by atoms with Gasteiger partial charge in [-0.25, -0.2) is 0 Å². The number of hydrogen-bond donors (Lipinski definition) is 1. The van der Waals surface area contributed by atoms with Crippen molar-refractivity contribution in [3.05, 3.63) is 72.0 Å². The molecule has 0 rings (SSSR count). The molecule has 0 aromatic carbocycles. The van der Waals surface area contributed by atoms with Gasteiger partial charge in [0, 0.05) is 12.2 Å². The lowest BCUT2D eigenvalue weighted by atomic mass is 9.91. The van der Waals surface area contributed by atoms with Crippen LogP contribution in [-0.2, 0) is 0 Å². The van der Waals surface area contributed by atoms with E-state index in [1.54, 1.807) is 0 Å². The van der Waals surface area contributed by atoms with E-state index in [1.165, 1.54) is 37.0 Å². The van der Waals surface area contributed by atoms with Crippen LogP contribution in [0.15, 0.2) is 72.0 Å². The van der Waals surface area contributed by atoms with Gasteiger partial charge in [0.05, 0.1) is 0 Å². The summed E-state index contributed by atoms with van der Waals surface area (Å²) in [6.45, 7) is 23.8. The van der Waals surface area contributed by atoms with Crippen LogP contribution in [0.25, 0.3) is 0 Å². The van der Waals surface area contributed by atoms with Crippen LogP contribution < -0.4 is 5.32 Å². The quantitative estimate of drug-likeness (QED) is 0.304. The van der Waals surface area contributed by atoms with Crippen LogP contribution >= 0.6 is 0 Å². The first-order chi connectivity index (χ1) is 11.3. The van der Waals surface area contributed by atoms with Crippen molar-refractivity contribution in [1.82, 2.24) is 5.32 Å². The Morgan fingerprint density at radius 2 is 1.75 bits per heavy atom. The van der Waals surface area contributed by atoms with Gasteiger partial charge in [-0.1, -0.05) is 82.2 Å². The molecule has 0 spiro atoms. The monoisotopic (exact) mass is 327 g/mol. The molecule has 134 valence electrons. The fourth-order valence-corrected chi connectivity index (χ4v) is 2.38. The summed E-state index contributed by atoms with van der Waals surface area (Å²) in [7, 11) is 0. The van der Waals surface area contributed by atoms with E-state index in [9.17, 15) is 0 Å². The summed E-state index contributed by atoms with van der Waals surface area (Å²) < 4.78 is 0. The fourth-order valence-electron chi connectivity index (χ4n) is 2.38. The summed E-state index contributed by atoms with van der Waals surface area (Å²) in [5.74, 6) is 0.265. The molecule has 0 heterocycles. The summed E-state index contributed by atoms with van der Waals surface area (Å²) in [4.78, 5) is 0. The molecule has 1 N–H and O–H groups in total. The molecule has 0 radical (unpaired) electrons. The summed E-state index contributed by atoms with van der Waals surface area (Å²) in [5.41, 5.74) is 5.72. The molecule has 0 saturated carbocycles. The van der Waals surface area contributed by atoms with Crippen molar-refractivity contribution in [2.24, 2.45) is 5.92 Å². The third-order valence-electron chi connectivity index (χ3n) is 4.20. The molecule has 24 heavy (non-hydrogen) atoms. The summed E-state index contributed by atoms with van der Waals surface area (Å²) in [6.07, 6.45) is 13.4. The van der Waals surface area contributed by atoms with Gasteiger partial charge in [0.15, 0.2) is 0 Å². The lowest BCUT2D eigenvalue weighted by molar-refractivity contribution is 0.635. The van der Waals surface area contributed by atoms with E-state index in [0.29, 0.717) is 0 Å². The van der Waals surface area contributed by atoms with Crippen molar-refractivity contribution >= 4 is 0 Å². The van der Waals surface area contributed by atoms with Gasteiger partial charge in [-0.2, -0.15) is 0 Å². The van der Waals surface area contributed by atoms with Crippen LogP contribution in [0.5, 0.6) is 0 Å². The Kier molecular flexibility index (Phi) is 11.7. The molecule has 0 fully saturated rings. The molecule has 1 unspecified atom stereocenters. The average Bonchev–Trinajstić information content (AvgIpc) is 2.53. The number of hydrogen-bond acceptors (Lipinski definition) is 1. The molecule has 0 saturated heterocycles. The minimum atomic E-state index is 0.265. The largest absolute Gasteiger partial charge is 0.389 e. The average molecular weight is 328 g/mol. The van der Waals surface area contributed by atoms with Crippen LogP contribution in [0.4, 0.5) is 0 Å². The molecule has 0 amide bonds. The van der Waals surface area contributed by atoms with Gasteiger partial charge in [-0.3, -0.25) is 0 Å². The van der Waals surface area contributed by atoms with E-state index < -0.39 is 0 Å². The van der Waals surface area contributed by atoms with Gasteiger partial charge in [0.1, 0.15) is 0 Å². The lowest BCUT2D eigenvalue weighted by Gasteiger charge is -2.15. The zero-order valence-electron chi connectivity index (χ0n) is 16.5. The second-order valence-corrected chi connectivity index (χ2v) is 6.62. The van der Waals surface area contributed by atoms with Crippen molar-refractivity contribution in [3.63, 3.8) is 0 Å². The highest BCUT2D eigenvalue weighted by Crippen LogP contribution is 2.23. The highest BCUT2D eigenvalue weighted by Gasteiger charge is 2.08. The number of rotatable bonds is 12. The second kappa shape index (κ2) is 12.6. The van der Waals surface area contributed by atoms with Gasteiger partial charge in [0.25, 0.3) is 0 Å². The van der Waals surface area contributed by atoms with Gasteiger partial charge in [0.2, 0.25) is 0 Å². The third kappa shape index (κ3) is 9.39. The van der Waals surface area contributed by atoms with Crippen molar-refractivity contribution < 1.29 is 0 Å². The Morgan fingerprint density at radius 3 is 2.29 bits per heavy atom. The van der Waals surface area contributed by atoms with E-state index in [1.807, 2.05) is 19.1 Å². The van der Waals surface area contributed by atoms with Gasteiger partial charge in [-0.15, -0.1) is 0 Å².